The quantitative estimate of drug-likeness (QED) is 0.0443. The zero-order chi connectivity index (χ0) is 36.0. The lowest BCUT2D eigenvalue weighted by molar-refractivity contribution is -0.155. The number of aryl methyl sites for hydroxylation is 1. The molecule has 3 aromatic carbocycles. The Morgan fingerprint density at radius 3 is 1.46 bits per heavy atom. The molecule has 0 aromatic heterocycles. The molecule has 8 nitrogen and oxygen atoms in total. The van der Waals surface area contributed by atoms with Crippen molar-refractivity contribution >= 4 is 33.5 Å². The van der Waals surface area contributed by atoms with E-state index in [2.05, 4.69) is 52.8 Å². The maximum absolute atomic E-state index is 12.7. The fraction of sp³-hybridized carbons (Fsp3) is 0.619. The summed E-state index contributed by atoms with van der Waals surface area (Å²) >= 11 is 0. The highest BCUT2D eigenvalue weighted by atomic mass is 16.6. The number of hydrogen-bond acceptors (Lipinski definition) is 8. The molecule has 2 atom stereocenters. The Labute approximate surface area is 300 Å². The Kier molecular flexibility index (Phi) is 19.7. The van der Waals surface area contributed by atoms with E-state index >= 15 is 0 Å². The van der Waals surface area contributed by atoms with Gasteiger partial charge in [0.05, 0.1) is 13.2 Å². The van der Waals surface area contributed by atoms with Crippen LogP contribution in [0.5, 0.6) is 11.5 Å². The lowest BCUT2D eigenvalue weighted by atomic mass is 9.98. The Hall–Kier alpha value is -3.36. The van der Waals surface area contributed by atoms with Crippen LogP contribution >= 0.6 is 0 Å². The van der Waals surface area contributed by atoms with Crippen LogP contribution in [0.25, 0.3) is 21.5 Å². The molecular formula is C42H62O8. The first-order valence-electron chi connectivity index (χ1n) is 19.2. The van der Waals surface area contributed by atoms with E-state index in [1.807, 2.05) is 24.3 Å². The Balaban J connectivity index is 1.93. The molecule has 0 bridgehead atoms. The molecular weight excluding hydrogens is 632 g/mol. The summed E-state index contributed by atoms with van der Waals surface area (Å²) in [6.07, 6.45) is 10.1. The van der Waals surface area contributed by atoms with Crippen molar-refractivity contribution in [2.45, 2.75) is 130 Å². The SMILES string of the molecule is CCCCCC(=O)OC(COCCCC)COc1c2ccccc2c(OCC(COCCCC)OC(=O)CCCCC)c2cc(CC)ccc12. The molecule has 0 saturated heterocycles. The summed E-state index contributed by atoms with van der Waals surface area (Å²) in [7, 11) is 0. The fourth-order valence-corrected chi connectivity index (χ4v) is 5.71. The second kappa shape index (κ2) is 23.9. The van der Waals surface area contributed by atoms with Gasteiger partial charge in [0.2, 0.25) is 0 Å². The van der Waals surface area contributed by atoms with Gasteiger partial charge >= 0.3 is 11.9 Å². The summed E-state index contributed by atoms with van der Waals surface area (Å²) in [5, 5.41) is 3.57. The fourth-order valence-electron chi connectivity index (χ4n) is 5.71. The zero-order valence-electron chi connectivity index (χ0n) is 31.4. The number of carbonyl (C=O) groups excluding carboxylic acids is 2. The minimum atomic E-state index is -0.541. The van der Waals surface area contributed by atoms with Gasteiger partial charge in [-0.25, -0.2) is 0 Å². The normalized spacial score (nSPS) is 12.6. The van der Waals surface area contributed by atoms with Crippen molar-refractivity contribution in [3.8, 4) is 11.5 Å². The third-order valence-corrected chi connectivity index (χ3v) is 8.68. The van der Waals surface area contributed by atoms with Gasteiger partial charge in [0.25, 0.3) is 0 Å². The molecule has 0 N–H and O–H groups in total. The Morgan fingerprint density at radius 1 is 0.540 bits per heavy atom. The van der Waals surface area contributed by atoms with Gasteiger partial charge in [-0.3, -0.25) is 9.59 Å². The summed E-state index contributed by atoms with van der Waals surface area (Å²) in [6, 6.07) is 14.3. The molecule has 0 aliphatic carbocycles. The second-order valence-corrected chi connectivity index (χ2v) is 13.1. The lowest BCUT2D eigenvalue weighted by Crippen LogP contribution is -2.30. The van der Waals surface area contributed by atoms with Gasteiger partial charge in [0.15, 0.2) is 12.2 Å². The van der Waals surface area contributed by atoms with E-state index in [0.29, 0.717) is 37.6 Å². The van der Waals surface area contributed by atoms with Crippen LogP contribution in [0.15, 0.2) is 42.5 Å². The summed E-state index contributed by atoms with van der Waals surface area (Å²) in [6.45, 7) is 12.7. The van der Waals surface area contributed by atoms with Crippen molar-refractivity contribution in [1.29, 1.82) is 0 Å². The lowest BCUT2D eigenvalue weighted by Gasteiger charge is -2.23. The van der Waals surface area contributed by atoms with E-state index in [9.17, 15) is 9.59 Å². The van der Waals surface area contributed by atoms with Crippen LogP contribution in [0.3, 0.4) is 0 Å². The van der Waals surface area contributed by atoms with E-state index in [-0.39, 0.29) is 38.4 Å². The highest BCUT2D eigenvalue weighted by molar-refractivity contribution is 6.11. The average molecular weight is 695 g/mol. The molecule has 0 radical (unpaired) electrons. The van der Waals surface area contributed by atoms with E-state index in [0.717, 1.165) is 97.7 Å². The van der Waals surface area contributed by atoms with Gasteiger partial charge in [-0.2, -0.15) is 0 Å². The first kappa shape index (κ1) is 41.1. The van der Waals surface area contributed by atoms with Crippen LogP contribution < -0.4 is 9.47 Å². The van der Waals surface area contributed by atoms with Crippen molar-refractivity contribution in [2.75, 3.05) is 39.6 Å². The number of benzene rings is 3. The van der Waals surface area contributed by atoms with Gasteiger partial charge in [0, 0.05) is 47.6 Å². The van der Waals surface area contributed by atoms with Crippen molar-refractivity contribution in [3.63, 3.8) is 0 Å². The predicted octanol–water partition coefficient (Wildman–Crippen LogP) is 9.93. The standard InChI is InChI=1S/C42H62O8/c1-6-11-15-21-39(43)49-33(28-45-25-13-8-3)30-47-41-35-19-17-18-20-36(35)42(38-27-32(10-5)23-24-37(38)41)48-31-34(29-46-26-14-9-4)50-40(44)22-16-12-7-2/h17-20,23-24,27,33-34H,6-16,21-22,25-26,28-31H2,1-5H3. The smallest absolute Gasteiger partial charge is 0.306 e. The van der Waals surface area contributed by atoms with Gasteiger partial charge in [0.1, 0.15) is 24.7 Å². The molecule has 2 unspecified atom stereocenters. The minimum Gasteiger partial charge on any atom is -0.488 e. The molecule has 0 aliphatic heterocycles. The van der Waals surface area contributed by atoms with Crippen molar-refractivity contribution in [3.05, 3.63) is 48.0 Å². The van der Waals surface area contributed by atoms with Crippen LogP contribution in [0, 0.1) is 0 Å². The molecule has 0 heterocycles. The second-order valence-electron chi connectivity index (χ2n) is 13.1. The van der Waals surface area contributed by atoms with Crippen LogP contribution in [0.4, 0.5) is 0 Å². The van der Waals surface area contributed by atoms with E-state index in [1.165, 1.54) is 0 Å². The number of fused-ring (bicyclic) bond motifs is 2. The largest absolute Gasteiger partial charge is 0.488 e. The summed E-state index contributed by atoms with van der Waals surface area (Å²) in [5.74, 6) is 0.960. The molecule has 0 fully saturated rings. The molecule has 8 heteroatoms. The molecule has 0 amide bonds. The van der Waals surface area contributed by atoms with Gasteiger partial charge in [-0.05, 0) is 43.7 Å². The van der Waals surface area contributed by atoms with Gasteiger partial charge in [-0.15, -0.1) is 0 Å². The van der Waals surface area contributed by atoms with Crippen molar-refractivity contribution < 1.29 is 38.0 Å². The Bertz CT molecular complexity index is 1420. The topological polar surface area (TPSA) is 89.5 Å². The first-order valence-corrected chi connectivity index (χ1v) is 19.2. The third kappa shape index (κ3) is 13.7. The maximum Gasteiger partial charge on any atom is 0.306 e. The van der Waals surface area contributed by atoms with Crippen molar-refractivity contribution in [2.24, 2.45) is 0 Å². The number of unbranched alkanes of at least 4 members (excludes halogenated alkanes) is 6. The molecule has 278 valence electrons. The monoisotopic (exact) mass is 694 g/mol. The number of rotatable bonds is 27. The first-order chi connectivity index (χ1) is 24.4. The zero-order valence-corrected chi connectivity index (χ0v) is 31.4. The van der Waals surface area contributed by atoms with Crippen LogP contribution in [0.1, 0.15) is 117 Å². The van der Waals surface area contributed by atoms with Crippen LogP contribution in [0.2, 0.25) is 0 Å². The Morgan fingerprint density at radius 2 is 1.00 bits per heavy atom. The van der Waals surface area contributed by atoms with Crippen LogP contribution in [-0.2, 0) is 35.0 Å². The third-order valence-electron chi connectivity index (χ3n) is 8.68. The summed E-state index contributed by atoms with van der Waals surface area (Å²) < 4.78 is 36.8. The molecule has 50 heavy (non-hydrogen) atoms. The van der Waals surface area contributed by atoms with Gasteiger partial charge < -0.3 is 28.4 Å². The van der Waals surface area contributed by atoms with Crippen molar-refractivity contribution in [1.82, 2.24) is 0 Å². The summed E-state index contributed by atoms with van der Waals surface area (Å²) in [5.41, 5.74) is 1.16. The highest BCUT2D eigenvalue weighted by Gasteiger charge is 2.22. The predicted molar refractivity (Wildman–Crippen MR) is 201 cm³/mol. The van der Waals surface area contributed by atoms with Gasteiger partial charge in [-0.1, -0.05) is 110 Å². The molecule has 0 aliphatic rings. The molecule has 0 saturated carbocycles. The number of ether oxygens (including phenoxy) is 6. The van der Waals surface area contributed by atoms with E-state index in [4.69, 9.17) is 28.4 Å². The molecule has 3 aromatic rings. The number of esters is 2. The maximum atomic E-state index is 12.7. The minimum absolute atomic E-state index is 0.158. The highest BCUT2D eigenvalue weighted by Crippen LogP contribution is 2.43. The number of hydrogen-bond donors (Lipinski definition) is 0. The number of carbonyl (C=O) groups is 2. The average Bonchev–Trinajstić information content (AvgIpc) is 3.12. The molecule has 0 spiro atoms. The summed E-state index contributed by atoms with van der Waals surface area (Å²) in [4.78, 5) is 25.5. The van der Waals surface area contributed by atoms with Crippen LogP contribution in [-0.4, -0.2) is 63.8 Å². The van der Waals surface area contributed by atoms with E-state index in [1.54, 1.807) is 0 Å². The molecule has 3 rings (SSSR count). The van der Waals surface area contributed by atoms with E-state index < -0.39 is 12.2 Å².